The Balaban J connectivity index is 0. The van der Waals surface area contributed by atoms with Crippen LogP contribution in [0.15, 0.2) is 0 Å². The van der Waals surface area contributed by atoms with Gasteiger partial charge in [-0.3, -0.25) is 0 Å². The fourth-order valence-electron chi connectivity index (χ4n) is 0. The second kappa shape index (κ2) is 8.94. The first-order valence-electron chi connectivity index (χ1n) is 0.383. The monoisotopic (exact) mass is 200 g/mol. The molecule has 0 aromatic carbocycles. The van der Waals surface area contributed by atoms with Gasteiger partial charge < -0.3 is 4.55 Å². The summed E-state index contributed by atoms with van der Waals surface area (Å²) in [6.45, 7) is 0. The standard InChI is InChI=1S/Cs.H2O2S.H/c;1-3-2;/h;3H,(H,1,2);. The van der Waals surface area contributed by atoms with Crippen molar-refractivity contribution in [2.45, 2.75) is 0 Å². The van der Waals surface area contributed by atoms with Crippen LogP contribution in [0.1, 0.15) is 0 Å². The van der Waals surface area contributed by atoms with Gasteiger partial charge in [0.15, 0.2) is 0 Å². The average molecular weight is 200 g/mol. The van der Waals surface area contributed by atoms with Crippen LogP contribution in [-0.4, -0.2) is 77.7 Å². The van der Waals surface area contributed by atoms with Crippen molar-refractivity contribution in [2.75, 3.05) is 0 Å². The molecule has 1 N–H and O–H groups in total. The number of rotatable bonds is 0. The maximum absolute atomic E-state index is 8.46. The van der Waals surface area contributed by atoms with Gasteiger partial charge in [0, 0.05) is 0 Å². The van der Waals surface area contributed by atoms with Gasteiger partial charge in [-0.1, -0.05) is 0 Å². The van der Waals surface area contributed by atoms with E-state index in [1.165, 1.54) is 0 Å². The van der Waals surface area contributed by atoms with E-state index in [9.17, 15) is 0 Å². The summed E-state index contributed by atoms with van der Waals surface area (Å²) in [6, 6.07) is 0. The fourth-order valence-corrected chi connectivity index (χ4v) is 0. The zero-order valence-corrected chi connectivity index (χ0v) is 2.20. The molecule has 2 nitrogen and oxygen atoms in total. The summed E-state index contributed by atoms with van der Waals surface area (Å²) in [7, 11) is 0. The summed E-state index contributed by atoms with van der Waals surface area (Å²) < 4.78 is 15.4. The van der Waals surface area contributed by atoms with Crippen LogP contribution >= 0.6 is 0 Å². The van der Waals surface area contributed by atoms with Gasteiger partial charge in [-0.25, -0.2) is 4.21 Å². The van der Waals surface area contributed by atoms with Crippen LogP contribution < -0.4 is 0 Å². The van der Waals surface area contributed by atoms with E-state index in [4.69, 9.17) is 8.76 Å². The minimum absolute atomic E-state index is 0. The molecule has 0 bridgehead atoms. The molecule has 4 heavy (non-hydrogen) atoms. The van der Waals surface area contributed by atoms with Gasteiger partial charge in [-0.15, -0.1) is 0 Å². The molecule has 4 heteroatoms. The van der Waals surface area contributed by atoms with Gasteiger partial charge in [0.1, 0.15) is 11.9 Å². The molecular weight excluding hydrogens is 197 g/mol. The molecule has 0 aromatic rings. The molecule has 0 heterocycles. The molecule has 0 saturated carbocycles. The van der Waals surface area contributed by atoms with Gasteiger partial charge in [0.25, 0.3) is 0 Å². The fraction of sp³-hybridized carbons (Fsp3) is 0. The molecule has 0 radical (unpaired) electrons. The van der Waals surface area contributed by atoms with E-state index in [2.05, 4.69) is 0 Å². The van der Waals surface area contributed by atoms with Gasteiger partial charge in [-0.2, -0.15) is 0 Å². The van der Waals surface area contributed by atoms with Crippen LogP contribution in [0.3, 0.4) is 0 Å². The molecule has 0 aliphatic rings. The molecule has 0 amide bonds. The van der Waals surface area contributed by atoms with Crippen molar-refractivity contribution >= 4 is 80.8 Å². The third-order valence-electron chi connectivity index (χ3n) is 0. The molecule has 0 atom stereocenters. The Morgan fingerprint density at radius 3 is 1.75 bits per heavy atom. The van der Waals surface area contributed by atoms with Crippen molar-refractivity contribution in [1.29, 1.82) is 0 Å². The molecule has 0 saturated heterocycles. The Bertz CT molecular complexity index is 13.5. The predicted octanol–water partition coefficient (Wildman–Crippen LogP) is -1.24. The molecule has 0 spiro atoms. The molecule has 0 unspecified atom stereocenters. The van der Waals surface area contributed by atoms with E-state index < -0.39 is 11.9 Å². The van der Waals surface area contributed by atoms with E-state index >= 15 is 0 Å². The SMILES string of the molecule is O=[SH]O.[CsH]. The quantitative estimate of drug-likeness (QED) is 0.379. The predicted molar refractivity (Wildman–Crippen MR) is 19.3 cm³/mol. The van der Waals surface area contributed by atoms with Gasteiger partial charge >= 0.3 is 68.9 Å². The van der Waals surface area contributed by atoms with Gasteiger partial charge in [0.05, 0.1) is 0 Å². The van der Waals surface area contributed by atoms with E-state index in [0.717, 1.165) is 0 Å². The normalized spacial score (nSPS) is 4.25. The summed E-state index contributed by atoms with van der Waals surface area (Å²) in [6.07, 6.45) is 0. The second-order valence-electron chi connectivity index (χ2n) is 0.0816. The zero-order chi connectivity index (χ0) is 2.71. The van der Waals surface area contributed by atoms with Crippen molar-refractivity contribution in [3.05, 3.63) is 0 Å². The van der Waals surface area contributed by atoms with Gasteiger partial charge in [-0.05, 0) is 0 Å². The molecule has 0 aromatic heterocycles. The Hall–Kier alpha value is 2.16. The summed E-state index contributed by atoms with van der Waals surface area (Å²) in [5.74, 6) is 0. The number of hydrogen-bond donors (Lipinski definition) is 2. The topological polar surface area (TPSA) is 37.3 Å². The molecule has 0 fully saturated rings. The Kier molecular flexibility index (Phi) is 21.2. The summed E-state index contributed by atoms with van der Waals surface area (Å²) >= 11 is -0.833. The average Bonchev–Trinajstić information content (AvgIpc) is 0.918. The molecular formula is H3CsO2S. The molecule has 0 aliphatic carbocycles. The number of thiol groups is 1. The van der Waals surface area contributed by atoms with Crippen molar-refractivity contribution in [3.63, 3.8) is 0 Å². The van der Waals surface area contributed by atoms with Crippen LogP contribution in [0, 0.1) is 0 Å². The second-order valence-corrected chi connectivity index (χ2v) is 0.245. The third kappa shape index (κ3) is 8.90. The van der Waals surface area contributed by atoms with Crippen molar-refractivity contribution in [2.24, 2.45) is 0 Å². The van der Waals surface area contributed by atoms with Crippen molar-refractivity contribution < 1.29 is 8.76 Å². The minimum atomic E-state index is -0.833. The first-order valence-corrected chi connectivity index (χ1v) is 1.15. The first kappa shape index (κ1) is 9.48. The Morgan fingerprint density at radius 2 is 1.75 bits per heavy atom. The van der Waals surface area contributed by atoms with Crippen LogP contribution in [0.2, 0.25) is 0 Å². The van der Waals surface area contributed by atoms with Gasteiger partial charge in [0.2, 0.25) is 0 Å². The van der Waals surface area contributed by atoms with Crippen molar-refractivity contribution in [1.82, 2.24) is 0 Å². The van der Waals surface area contributed by atoms with E-state index in [0.29, 0.717) is 0 Å². The molecule has 22 valence electrons. The first-order chi connectivity index (χ1) is 1.41. The summed E-state index contributed by atoms with van der Waals surface area (Å²) in [5.41, 5.74) is 0. The summed E-state index contributed by atoms with van der Waals surface area (Å²) in [4.78, 5) is 0. The van der Waals surface area contributed by atoms with Crippen LogP contribution in [-0.2, 0) is 11.9 Å². The molecule has 0 aliphatic heterocycles. The van der Waals surface area contributed by atoms with E-state index in [1.807, 2.05) is 0 Å². The Morgan fingerprint density at radius 1 is 1.75 bits per heavy atom. The van der Waals surface area contributed by atoms with E-state index in [-0.39, 0.29) is 68.9 Å². The maximum atomic E-state index is 8.46. The Labute approximate surface area is 87.1 Å². The third-order valence-corrected chi connectivity index (χ3v) is 0. The van der Waals surface area contributed by atoms with Crippen LogP contribution in [0.25, 0.3) is 0 Å². The van der Waals surface area contributed by atoms with Crippen LogP contribution in [0.5, 0.6) is 0 Å². The van der Waals surface area contributed by atoms with E-state index in [1.54, 1.807) is 0 Å². The summed E-state index contributed by atoms with van der Waals surface area (Å²) in [5, 5.41) is 0. The zero-order valence-electron chi connectivity index (χ0n) is 1.30. The molecule has 0 rings (SSSR count). The van der Waals surface area contributed by atoms with Crippen LogP contribution in [0.4, 0.5) is 0 Å². The van der Waals surface area contributed by atoms with Crippen molar-refractivity contribution in [3.8, 4) is 0 Å². The number of hydrogen-bond acceptors (Lipinski definition) is 1.